The second kappa shape index (κ2) is 6.39. The fraction of sp³-hybridized carbons (Fsp3) is 0.588. The average molecular weight is 328 g/mol. The number of carbonyl (C=O) groups excluding carboxylic acids is 1. The van der Waals surface area contributed by atoms with Crippen LogP contribution in [0.3, 0.4) is 0 Å². The molecule has 2 aromatic heterocycles. The van der Waals surface area contributed by atoms with Crippen LogP contribution < -0.4 is 10.6 Å². The molecular weight excluding hydrogens is 304 g/mol. The van der Waals surface area contributed by atoms with Crippen molar-refractivity contribution in [1.29, 1.82) is 0 Å². The predicted molar refractivity (Wildman–Crippen MR) is 89.2 cm³/mol. The number of hydrogen-bond donors (Lipinski definition) is 3. The lowest BCUT2D eigenvalue weighted by Crippen LogP contribution is -2.59. The van der Waals surface area contributed by atoms with Crippen LogP contribution in [0.25, 0.3) is 0 Å². The summed E-state index contributed by atoms with van der Waals surface area (Å²) in [6, 6.07) is 1.69. The van der Waals surface area contributed by atoms with Crippen LogP contribution in [0.15, 0.2) is 24.8 Å². The molecule has 24 heavy (non-hydrogen) atoms. The van der Waals surface area contributed by atoms with Crippen LogP contribution in [0, 0.1) is 0 Å². The van der Waals surface area contributed by atoms with Crippen molar-refractivity contribution in [3.05, 3.63) is 36.2 Å². The lowest BCUT2D eigenvalue weighted by Gasteiger charge is -2.43. The van der Waals surface area contributed by atoms with Gasteiger partial charge >= 0.3 is 0 Å². The SMILES string of the molecule is O=C(NCCn1cccn1)[C@@H]1Cc2[nH]cnc2C2(CCCCC2)N1. The van der Waals surface area contributed by atoms with E-state index in [0.29, 0.717) is 19.5 Å². The predicted octanol–water partition coefficient (Wildman–Crippen LogP) is 1.10. The molecule has 4 rings (SSSR count). The molecule has 1 atom stereocenters. The molecule has 1 saturated carbocycles. The Morgan fingerprint density at radius 3 is 3.04 bits per heavy atom. The molecule has 2 aliphatic rings. The van der Waals surface area contributed by atoms with E-state index in [-0.39, 0.29) is 17.5 Å². The molecule has 128 valence electrons. The maximum absolute atomic E-state index is 12.6. The van der Waals surface area contributed by atoms with E-state index in [1.165, 1.54) is 19.3 Å². The van der Waals surface area contributed by atoms with Crippen molar-refractivity contribution in [1.82, 2.24) is 30.4 Å². The van der Waals surface area contributed by atoms with Gasteiger partial charge in [-0.2, -0.15) is 5.10 Å². The van der Waals surface area contributed by atoms with Crippen LogP contribution in [0.4, 0.5) is 0 Å². The summed E-state index contributed by atoms with van der Waals surface area (Å²) in [6.07, 6.45) is 11.8. The zero-order chi connectivity index (χ0) is 16.4. The lowest BCUT2D eigenvalue weighted by atomic mass is 9.75. The van der Waals surface area contributed by atoms with E-state index in [4.69, 9.17) is 0 Å². The van der Waals surface area contributed by atoms with E-state index in [9.17, 15) is 4.79 Å². The molecule has 7 nitrogen and oxygen atoms in total. The van der Waals surface area contributed by atoms with Gasteiger partial charge in [0.1, 0.15) is 0 Å². The fourth-order valence-electron chi connectivity index (χ4n) is 4.09. The summed E-state index contributed by atoms with van der Waals surface area (Å²) in [7, 11) is 0. The molecule has 1 amide bonds. The van der Waals surface area contributed by atoms with E-state index in [1.807, 2.05) is 16.9 Å². The second-order valence-corrected chi connectivity index (χ2v) is 6.83. The van der Waals surface area contributed by atoms with E-state index >= 15 is 0 Å². The van der Waals surface area contributed by atoms with Gasteiger partial charge in [-0.25, -0.2) is 4.98 Å². The highest BCUT2D eigenvalue weighted by molar-refractivity contribution is 5.82. The molecule has 2 aromatic rings. The standard InChI is InChI=1S/C17H24N6O/c24-16(18-8-10-23-9-4-7-21-23)14-11-13-15(20-12-19-13)17(22-14)5-2-1-3-6-17/h4,7,9,12,14,22H,1-3,5-6,8,10-11H2,(H,18,24)(H,19,20)/t14-/m0/s1. The van der Waals surface area contributed by atoms with Gasteiger partial charge in [-0.3, -0.25) is 14.8 Å². The fourth-order valence-corrected chi connectivity index (χ4v) is 4.09. The minimum absolute atomic E-state index is 0.0624. The first-order valence-electron chi connectivity index (χ1n) is 8.82. The molecule has 3 heterocycles. The molecule has 0 radical (unpaired) electrons. The summed E-state index contributed by atoms with van der Waals surface area (Å²) in [5, 5.41) is 10.8. The van der Waals surface area contributed by atoms with Crippen LogP contribution in [0.5, 0.6) is 0 Å². The number of aromatic amines is 1. The van der Waals surface area contributed by atoms with Crippen molar-refractivity contribution in [2.45, 2.75) is 56.7 Å². The monoisotopic (exact) mass is 328 g/mol. The number of nitrogens with zero attached hydrogens (tertiary/aromatic N) is 3. The van der Waals surface area contributed by atoms with Crippen LogP contribution in [0.1, 0.15) is 43.5 Å². The van der Waals surface area contributed by atoms with E-state index in [1.54, 1.807) is 12.5 Å². The summed E-state index contributed by atoms with van der Waals surface area (Å²) in [6.45, 7) is 1.27. The lowest BCUT2D eigenvalue weighted by molar-refractivity contribution is -0.124. The summed E-state index contributed by atoms with van der Waals surface area (Å²) in [5.41, 5.74) is 2.11. The third-order valence-electron chi connectivity index (χ3n) is 5.25. The zero-order valence-electron chi connectivity index (χ0n) is 13.8. The quantitative estimate of drug-likeness (QED) is 0.784. The van der Waals surface area contributed by atoms with Gasteiger partial charge in [-0.1, -0.05) is 19.3 Å². The molecule has 3 N–H and O–H groups in total. The molecule has 1 spiro atoms. The molecular formula is C17H24N6O. The van der Waals surface area contributed by atoms with Crippen molar-refractivity contribution in [2.24, 2.45) is 0 Å². The summed E-state index contributed by atoms with van der Waals surface area (Å²) >= 11 is 0. The molecule has 1 aliphatic heterocycles. The number of rotatable bonds is 4. The Kier molecular flexibility index (Phi) is 4.10. The van der Waals surface area contributed by atoms with Crippen LogP contribution >= 0.6 is 0 Å². The number of aromatic nitrogens is 4. The second-order valence-electron chi connectivity index (χ2n) is 6.83. The maximum atomic E-state index is 12.6. The third-order valence-corrected chi connectivity index (χ3v) is 5.25. The summed E-state index contributed by atoms with van der Waals surface area (Å²) in [5.74, 6) is 0.0624. The Morgan fingerprint density at radius 2 is 2.25 bits per heavy atom. The molecule has 0 bridgehead atoms. The number of nitrogens with one attached hydrogen (secondary N) is 3. The number of H-pyrrole nitrogens is 1. The molecule has 0 unspecified atom stereocenters. The van der Waals surface area contributed by atoms with Crippen molar-refractivity contribution in [3.63, 3.8) is 0 Å². The van der Waals surface area contributed by atoms with E-state index < -0.39 is 0 Å². The molecule has 1 aliphatic carbocycles. The highest BCUT2D eigenvalue weighted by atomic mass is 16.2. The minimum atomic E-state index is -0.200. The van der Waals surface area contributed by atoms with Gasteiger partial charge in [0.25, 0.3) is 0 Å². The number of amides is 1. The van der Waals surface area contributed by atoms with Gasteiger partial charge in [0, 0.05) is 31.1 Å². The Labute approximate surface area is 141 Å². The van der Waals surface area contributed by atoms with E-state index in [0.717, 1.165) is 24.2 Å². The van der Waals surface area contributed by atoms with Crippen molar-refractivity contribution in [2.75, 3.05) is 6.54 Å². The molecule has 0 aromatic carbocycles. The van der Waals surface area contributed by atoms with Gasteiger partial charge in [0.2, 0.25) is 5.91 Å². The molecule has 1 fully saturated rings. The number of hydrogen-bond acceptors (Lipinski definition) is 4. The Hall–Kier alpha value is -2.15. The smallest absolute Gasteiger partial charge is 0.237 e. The highest BCUT2D eigenvalue weighted by Gasteiger charge is 2.44. The van der Waals surface area contributed by atoms with Gasteiger partial charge in [-0.15, -0.1) is 0 Å². The Balaban J connectivity index is 1.43. The largest absolute Gasteiger partial charge is 0.353 e. The number of carbonyl (C=O) groups is 1. The van der Waals surface area contributed by atoms with Crippen molar-refractivity contribution >= 4 is 5.91 Å². The van der Waals surface area contributed by atoms with Crippen LogP contribution in [-0.4, -0.2) is 38.2 Å². The molecule has 0 saturated heterocycles. The molecule has 7 heteroatoms. The minimum Gasteiger partial charge on any atom is -0.353 e. The Bertz CT molecular complexity index is 686. The first-order valence-corrected chi connectivity index (χ1v) is 8.82. The summed E-state index contributed by atoms with van der Waals surface area (Å²) in [4.78, 5) is 20.5. The van der Waals surface area contributed by atoms with Gasteiger partial charge in [-0.05, 0) is 18.9 Å². The topological polar surface area (TPSA) is 87.6 Å². The highest BCUT2D eigenvalue weighted by Crippen LogP contribution is 2.40. The number of fused-ring (bicyclic) bond motifs is 2. The van der Waals surface area contributed by atoms with Gasteiger partial charge < -0.3 is 10.3 Å². The van der Waals surface area contributed by atoms with Gasteiger partial charge in [0.15, 0.2) is 0 Å². The first-order chi connectivity index (χ1) is 11.8. The van der Waals surface area contributed by atoms with Crippen molar-refractivity contribution in [3.8, 4) is 0 Å². The van der Waals surface area contributed by atoms with Crippen LogP contribution in [-0.2, 0) is 23.3 Å². The Morgan fingerprint density at radius 1 is 1.38 bits per heavy atom. The maximum Gasteiger partial charge on any atom is 0.237 e. The average Bonchev–Trinajstić information content (AvgIpc) is 3.27. The zero-order valence-corrected chi connectivity index (χ0v) is 13.8. The van der Waals surface area contributed by atoms with E-state index in [2.05, 4.69) is 25.7 Å². The number of imidazole rings is 1. The van der Waals surface area contributed by atoms with Crippen LogP contribution in [0.2, 0.25) is 0 Å². The third kappa shape index (κ3) is 2.84. The summed E-state index contributed by atoms with van der Waals surface area (Å²) < 4.78 is 1.82. The van der Waals surface area contributed by atoms with Crippen molar-refractivity contribution < 1.29 is 4.79 Å². The first kappa shape index (κ1) is 15.4. The normalized spacial score (nSPS) is 22.2. The van der Waals surface area contributed by atoms with Gasteiger partial charge in [0.05, 0.1) is 30.1 Å².